The third kappa shape index (κ3) is 3.15. The van der Waals surface area contributed by atoms with Gasteiger partial charge in [0.2, 0.25) is 6.41 Å². The van der Waals surface area contributed by atoms with E-state index >= 15 is 0 Å². The van der Waals surface area contributed by atoms with Crippen LogP contribution in [0.15, 0.2) is 24.4 Å². The molecule has 8 heavy (non-hydrogen) atoms. The van der Waals surface area contributed by atoms with Gasteiger partial charge in [0.25, 0.3) is 0 Å². The van der Waals surface area contributed by atoms with E-state index in [0.717, 1.165) is 5.57 Å². The molecule has 0 spiro atoms. The minimum atomic E-state index is 0.618. The molecule has 1 N–H and O–H groups in total. The van der Waals surface area contributed by atoms with Gasteiger partial charge in [-0.25, -0.2) is 0 Å². The van der Waals surface area contributed by atoms with Crippen LogP contribution in [-0.2, 0) is 4.79 Å². The fraction of sp³-hybridized carbons (Fsp3) is 0.167. The Morgan fingerprint density at radius 2 is 2.38 bits per heavy atom. The molecule has 0 aromatic rings. The molecule has 0 unspecified atom stereocenters. The first-order chi connectivity index (χ1) is 3.81. The smallest absolute Gasteiger partial charge is 0.211 e. The summed E-state index contributed by atoms with van der Waals surface area (Å²) in [6, 6.07) is 0. The van der Waals surface area contributed by atoms with Gasteiger partial charge in [-0.1, -0.05) is 12.7 Å². The number of carbonyl (C=O) groups is 1. The van der Waals surface area contributed by atoms with E-state index < -0.39 is 0 Å². The average Bonchev–Trinajstić information content (AvgIpc) is 1.83. The molecule has 2 heteroatoms. The first-order valence-electron chi connectivity index (χ1n) is 2.30. The van der Waals surface area contributed by atoms with Gasteiger partial charge >= 0.3 is 0 Å². The number of rotatable bonds is 3. The lowest BCUT2D eigenvalue weighted by atomic mass is 10.3. The molecule has 0 saturated carbocycles. The molecule has 0 aromatic heterocycles. The van der Waals surface area contributed by atoms with Gasteiger partial charge in [-0.05, 0) is 12.5 Å². The van der Waals surface area contributed by atoms with Crippen molar-refractivity contribution in [2.24, 2.45) is 0 Å². The summed E-state index contributed by atoms with van der Waals surface area (Å²) in [5.74, 6) is 0. The third-order valence-corrected chi connectivity index (χ3v) is 0.701. The molecular formula is C6H9NO. The van der Waals surface area contributed by atoms with Crippen molar-refractivity contribution in [2.45, 2.75) is 6.92 Å². The number of carbonyl (C=O) groups excluding carboxylic acids is 1. The van der Waals surface area contributed by atoms with Crippen molar-refractivity contribution in [3.63, 3.8) is 0 Å². The fourth-order valence-electron chi connectivity index (χ4n) is 0.224. The largest absolute Gasteiger partial charge is 0.335 e. The summed E-state index contributed by atoms with van der Waals surface area (Å²) in [6.45, 7) is 5.34. The van der Waals surface area contributed by atoms with Crippen LogP contribution in [-0.4, -0.2) is 6.41 Å². The second-order valence-electron chi connectivity index (χ2n) is 1.38. The van der Waals surface area contributed by atoms with Crippen LogP contribution in [0.25, 0.3) is 0 Å². The Hall–Kier alpha value is -1.05. The molecule has 0 atom stereocenters. The molecule has 0 aliphatic carbocycles. The second kappa shape index (κ2) is 4.12. The van der Waals surface area contributed by atoms with Crippen LogP contribution in [0.5, 0.6) is 0 Å². The van der Waals surface area contributed by atoms with Gasteiger partial charge in [0, 0.05) is 6.20 Å². The summed E-state index contributed by atoms with van der Waals surface area (Å²) in [5.41, 5.74) is 0.942. The van der Waals surface area contributed by atoms with Crippen LogP contribution in [0.1, 0.15) is 6.92 Å². The summed E-state index contributed by atoms with van der Waals surface area (Å²) in [4.78, 5) is 9.64. The monoisotopic (exact) mass is 111 g/mol. The van der Waals surface area contributed by atoms with Crippen LogP contribution in [0.3, 0.4) is 0 Å². The van der Waals surface area contributed by atoms with E-state index in [1.54, 1.807) is 12.3 Å². The summed E-state index contributed by atoms with van der Waals surface area (Å²) in [6.07, 6.45) is 3.86. The molecule has 0 saturated heterocycles. The number of nitrogens with one attached hydrogen (secondary N) is 1. The van der Waals surface area contributed by atoms with Crippen molar-refractivity contribution in [3.05, 3.63) is 24.4 Å². The summed E-state index contributed by atoms with van der Waals surface area (Å²) in [7, 11) is 0. The number of amides is 1. The van der Waals surface area contributed by atoms with Gasteiger partial charge < -0.3 is 5.32 Å². The van der Waals surface area contributed by atoms with Gasteiger partial charge in [0.1, 0.15) is 0 Å². The third-order valence-electron chi connectivity index (χ3n) is 0.701. The van der Waals surface area contributed by atoms with Crippen molar-refractivity contribution in [1.29, 1.82) is 0 Å². The normalized spacial score (nSPS) is 10.4. The van der Waals surface area contributed by atoms with Crippen molar-refractivity contribution in [3.8, 4) is 0 Å². The Kier molecular flexibility index (Phi) is 3.58. The lowest BCUT2D eigenvalue weighted by Gasteiger charge is -1.86. The summed E-state index contributed by atoms with van der Waals surface area (Å²) < 4.78 is 0. The standard InChI is InChI=1S/C6H9NO/c1-3-6(2)4-7-5-8/h3-5H,1H2,2H3,(H,7,8)/b6-4-. The highest BCUT2D eigenvalue weighted by Crippen LogP contribution is 1.86. The van der Waals surface area contributed by atoms with E-state index in [1.165, 1.54) is 0 Å². The predicted molar refractivity (Wildman–Crippen MR) is 33.2 cm³/mol. The molecule has 0 bridgehead atoms. The van der Waals surface area contributed by atoms with E-state index in [9.17, 15) is 4.79 Å². The first kappa shape index (κ1) is 6.95. The average molecular weight is 111 g/mol. The Balaban J connectivity index is 3.56. The Morgan fingerprint density at radius 1 is 1.75 bits per heavy atom. The summed E-state index contributed by atoms with van der Waals surface area (Å²) in [5, 5.41) is 2.39. The number of allylic oxidation sites excluding steroid dienone is 2. The Bertz CT molecular complexity index is 116. The molecule has 0 rings (SSSR count). The molecule has 2 nitrogen and oxygen atoms in total. The number of hydrogen-bond acceptors (Lipinski definition) is 1. The van der Waals surface area contributed by atoms with Crippen LogP contribution in [0, 0.1) is 0 Å². The van der Waals surface area contributed by atoms with Crippen LogP contribution < -0.4 is 5.32 Å². The molecular weight excluding hydrogens is 102 g/mol. The quantitative estimate of drug-likeness (QED) is 0.424. The maximum absolute atomic E-state index is 9.64. The van der Waals surface area contributed by atoms with Crippen molar-refractivity contribution in [1.82, 2.24) is 5.32 Å². The minimum Gasteiger partial charge on any atom is -0.335 e. The first-order valence-corrected chi connectivity index (χ1v) is 2.30. The lowest BCUT2D eigenvalue weighted by Crippen LogP contribution is -1.99. The van der Waals surface area contributed by atoms with Crippen LogP contribution in [0.2, 0.25) is 0 Å². The highest BCUT2D eigenvalue weighted by atomic mass is 16.1. The van der Waals surface area contributed by atoms with Crippen LogP contribution >= 0.6 is 0 Å². The van der Waals surface area contributed by atoms with E-state index in [1.807, 2.05) is 6.92 Å². The van der Waals surface area contributed by atoms with Gasteiger partial charge in [-0.15, -0.1) is 0 Å². The van der Waals surface area contributed by atoms with E-state index in [4.69, 9.17) is 0 Å². The van der Waals surface area contributed by atoms with E-state index in [-0.39, 0.29) is 0 Å². The van der Waals surface area contributed by atoms with E-state index in [0.29, 0.717) is 6.41 Å². The maximum Gasteiger partial charge on any atom is 0.211 e. The topological polar surface area (TPSA) is 29.1 Å². The van der Waals surface area contributed by atoms with Crippen molar-refractivity contribution >= 4 is 6.41 Å². The predicted octanol–water partition coefficient (Wildman–Crippen LogP) is 0.822. The molecule has 44 valence electrons. The fourth-order valence-corrected chi connectivity index (χ4v) is 0.224. The zero-order valence-corrected chi connectivity index (χ0v) is 4.85. The molecule has 0 aliphatic rings. The van der Waals surface area contributed by atoms with Gasteiger partial charge in [-0.3, -0.25) is 4.79 Å². The molecule has 0 heterocycles. The van der Waals surface area contributed by atoms with Crippen molar-refractivity contribution < 1.29 is 4.79 Å². The SMILES string of the molecule is C=C/C(C)=C\NC=O. The lowest BCUT2D eigenvalue weighted by molar-refractivity contribution is -0.108. The Morgan fingerprint density at radius 3 is 2.75 bits per heavy atom. The highest BCUT2D eigenvalue weighted by Gasteiger charge is 1.73. The Labute approximate surface area is 48.9 Å². The minimum absolute atomic E-state index is 0.618. The zero-order chi connectivity index (χ0) is 6.41. The molecule has 0 aromatic carbocycles. The van der Waals surface area contributed by atoms with Gasteiger partial charge in [-0.2, -0.15) is 0 Å². The van der Waals surface area contributed by atoms with Crippen LogP contribution in [0.4, 0.5) is 0 Å². The van der Waals surface area contributed by atoms with E-state index in [2.05, 4.69) is 11.9 Å². The van der Waals surface area contributed by atoms with Gasteiger partial charge in [0.15, 0.2) is 0 Å². The number of hydrogen-bond donors (Lipinski definition) is 1. The zero-order valence-electron chi connectivity index (χ0n) is 4.85. The second-order valence-corrected chi connectivity index (χ2v) is 1.38. The highest BCUT2D eigenvalue weighted by molar-refractivity contribution is 5.48. The molecule has 0 radical (unpaired) electrons. The maximum atomic E-state index is 9.64. The molecule has 0 aliphatic heterocycles. The molecule has 0 fully saturated rings. The summed E-state index contributed by atoms with van der Waals surface area (Å²) >= 11 is 0. The molecule has 1 amide bonds. The van der Waals surface area contributed by atoms with Crippen molar-refractivity contribution in [2.75, 3.05) is 0 Å². The van der Waals surface area contributed by atoms with Gasteiger partial charge in [0.05, 0.1) is 0 Å².